The van der Waals surface area contributed by atoms with E-state index in [0.717, 1.165) is 22.9 Å². The molecule has 0 aliphatic heterocycles. The highest BCUT2D eigenvalue weighted by Crippen LogP contribution is 2.33. The van der Waals surface area contributed by atoms with Gasteiger partial charge in [0.05, 0.1) is 0 Å². The van der Waals surface area contributed by atoms with Crippen molar-refractivity contribution in [3.63, 3.8) is 0 Å². The minimum atomic E-state index is -4.40. The van der Waals surface area contributed by atoms with E-state index in [-0.39, 0.29) is 5.75 Å². The topological polar surface area (TPSA) is 22.1 Å². The van der Waals surface area contributed by atoms with Gasteiger partial charge in [0.1, 0.15) is 5.75 Å². The first-order valence-corrected chi connectivity index (χ1v) is 6.03. The normalized spacial score (nSPS) is 11.8. The van der Waals surface area contributed by atoms with Crippen LogP contribution in [-0.2, 0) is 6.42 Å². The number of nitrogens with zero attached hydrogens (tertiary/aromatic N) is 1. The summed E-state index contributed by atoms with van der Waals surface area (Å²) in [5.41, 5.74) is -3.51. The lowest BCUT2D eigenvalue weighted by Crippen LogP contribution is -2.02. The second-order valence-corrected chi connectivity index (χ2v) is 4.45. The molecule has 2 aromatic rings. The molecule has 0 amide bonds. The van der Waals surface area contributed by atoms with Crippen molar-refractivity contribution in [2.75, 3.05) is 0 Å². The highest BCUT2D eigenvalue weighted by atomic mass is 32.2. The van der Waals surface area contributed by atoms with Gasteiger partial charge >= 0.3 is 5.51 Å². The van der Waals surface area contributed by atoms with Crippen molar-refractivity contribution in [1.29, 1.82) is 0 Å². The van der Waals surface area contributed by atoms with Crippen LogP contribution >= 0.6 is 12.0 Å². The first-order valence-electron chi connectivity index (χ1n) is 5.29. The Balaban J connectivity index is 2.25. The number of halogens is 3. The molecule has 0 saturated heterocycles. The number of fused-ring (bicyclic) bond motifs is 1. The van der Waals surface area contributed by atoms with Crippen molar-refractivity contribution in [1.82, 2.24) is 4.98 Å². The number of aromatic nitrogens is 1. The van der Waals surface area contributed by atoms with Crippen LogP contribution < -0.4 is 4.18 Å². The molecular formula is C12H10F3NOS. The van der Waals surface area contributed by atoms with E-state index in [2.05, 4.69) is 9.17 Å². The van der Waals surface area contributed by atoms with Gasteiger partial charge in [-0.3, -0.25) is 4.98 Å². The van der Waals surface area contributed by atoms with E-state index in [9.17, 15) is 13.2 Å². The summed E-state index contributed by atoms with van der Waals surface area (Å²) in [6.45, 7) is 1.97. The molecule has 0 N–H and O–H groups in total. The first-order chi connectivity index (χ1) is 8.48. The van der Waals surface area contributed by atoms with E-state index in [0.29, 0.717) is 0 Å². The van der Waals surface area contributed by atoms with Gasteiger partial charge in [0, 0.05) is 17.3 Å². The summed E-state index contributed by atoms with van der Waals surface area (Å²) in [4.78, 5) is 4.21. The molecule has 0 aliphatic rings. The Morgan fingerprint density at radius 3 is 2.67 bits per heavy atom. The Morgan fingerprint density at radius 2 is 2.00 bits per heavy atom. The molecular weight excluding hydrogens is 263 g/mol. The van der Waals surface area contributed by atoms with E-state index in [1.165, 1.54) is 6.07 Å². The maximum absolute atomic E-state index is 12.0. The van der Waals surface area contributed by atoms with Crippen LogP contribution in [0.25, 0.3) is 10.8 Å². The van der Waals surface area contributed by atoms with Gasteiger partial charge in [0.15, 0.2) is 12.0 Å². The Hall–Kier alpha value is -1.43. The predicted octanol–water partition coefficient (Wildman–Crippen LogP) is 4.34. The lowest BCUT2D eigenvalue weighted by atomic mass is 10.1. The molecule has 0 radical (unpaired) electrons. The summed E-state index contributed by atoms with van der Waals surface area (Å²) in [5, 5.41) is 1.69. The van der Waals surface area contributed by atoms with E-state index in [4.69, 9.17) is 0 Å². The van der Waals surface area contributed by atoms with Crippen LogP contribution in [0.4, 0.5) is 13.2 Å². The van der Waals surface area contributed by atoms with Gasteiger partial charge in [-0.25, -0.2) is 0 Å². The van der Waals surface area contributed by atoms with Crippen molar-refractivity contribution >= 4 is 22.8 Å². The van der Waals surface area contributed by atoms with Gasteiger partial charge in [-0.2, -0.15) is 13.2 Å². The van der Waals surface area contributed by atoms with Crippen LogP contribution in [0.5, 0.6) is 5.75 Å². The zero-order chi connectivity index (χ0) is 13.2. The van der Waals surface area contributed by atoms with Crippen LogP contribution in [0.2, 0.25) is 0 Å². The Kier molecular flexibility index (Phi) is 3.65. The number of hydrogen-bond donors (Lipinski definition) is 0. The lowest BCUT2D eigenvalue weighted by Gasteiger charge is -2.07. The Labute approximate surface area is 106 Å². The van der Waals surface area contributed by atoms with E-state index >= 15 is 0 Å². The number of rotatable bonds is 3. The van der Waals surface area contributed by atoms with Gasteiger partial charge in [0.25, 0.3) is 0 Å². The third-order valence-electron chi connectivity index (χ3n) is 2.34. The zero-order valence-corrected chi connectivity index (χ0v) is 10.3. The molecule has 0 saturated carbocycles. The Morgan fingerprint density at radius 1 is 1.22 bits per heavy atom. The van der Waals surface area contributed by atoms with E-state index < -0.39 is 17.6 Å². The summed E-state index contributed by atoms with van der Waals surface area (Å²) in [5.74, 6) is 0.179. The SMILES string of the molecule is CCc1cc2cc(OSC(F)(F)F)ccc2cn1. The minimum Gasteiger partial charge on any atom is -0.417 e. The average Bonchev–Trinajstić information content (AvgIpc) is 2.34. The van der Waals surface area contributed by atoms with Crippen LogP contribution in [0.3, 0.4) is 0 Å². The minimum absolute atomic E-state index is 0.179. The van der Waals surface area contributed by atoms with E-state index in [1.54, 1.807) is 18.3 Å². The first kappa shape index (κ1) is 13.0. The summed E-state index contributed by atoms with van der Waals surface area (Å²) in [6.07, 6.45) is 2.48. The van der Waals surface area contributed by atoms with Crippen molar-refractivity contribution < 1.29 is 17.4 Å². The second kappa shape index (κ2) is 5.06. The summed E-state index contributed by atoms with van der Waals surface area (Å²) in [6, 6.07) is 6.61. The van der Waals surface area contributed by atoms with Gasteiger partial charge in [-0.15, -0.1) is 0 Å². The molecule has 0 bridgehead atoms. The molecule has 96 valence electrons. The number of aryl methyl sites for hydroxylation is 1. The molecule has 0 atom stereocenters. The lowest BCUT2D eigenvalue weighted by molar-refractivity contribution is -0.0369. The molecule has 1 aromatic heterocycles. The third-order valence-corrected chi connectivity index (χ3v) is 2.81. The molecule has 0 unspecified atom stereocenters. The quantitative estimate of drug-likeness (QED) is 0.776. The van der Waals surface area contributed by atoms with Crippen LogP contribution in [0, 0.1) is 0 Å². The fourth-order valence-corrected chi connectivity index (χ4v) is 1.80. The smallest absolute Gasteiger partial charge is 0.417 e. The average molecular weight is 273 g/mol. The van der Waals surface area contributed by atoms with Gasteiger partial charge < -0.3 is 4.18 Å². The van der Waals surface area contributed by atoms with Gasteiger partial charge in [-0.1, -0.05) is 6.92 Å². The van der Waals surface area contributed by atoms with Crippen molar-refractivity contribution in [2.45, 2.75) is 18.9 Å². The molecule has 6 heteroatoms. The highest BCUT2D eigenvalue weighted by molar-refractivity contribution is 7.95. The fourth-order valence-electron chi connectivity index (χ4n) is 1.51. The zero-order valence-electron chi connectivity index (χ0n) is 9.49. The van der Waals surface area contributed by atoms with Crippen molar-refractivity contribution in [2.24, 2.45) is 0 Å². The maximum atomic E-state index is 12.0. The molecule has 2 rings (SSSR count). The van der Waals surface area contributed by atoms with Crippen LogP contribution in [0.1, 0.15) is 12.6 Å². The summed E-state index contributed by atoms with van der Waals surface area (Å²) < 4.78 is 40.6. The monoisotopic (exact) mass is 273 g/mol. The molecule has 0 spiro atoms. The van der Waals surface area contributed by atoms with Crippen LogP contribution in [-0.4, -0.2) is 10.5 Å². The summed E-state index contributed by atoms with van der Waals surface area (Å²) in [7, 11) is 0. The Bertz CT molecular complexity index is 557. The maximum Gasteiger partial charge on any atom is 0.479 e. The number of pyridine rings is 1. The van der Waals surface area contributed by atoms with Crippen molar-refractivity contribution in [3.8, 4) is 5.75 Å². The number of alkyl halides is 3. The molecule has 1 aromatic carbocycles. The highest BCUT2D eigenvalue weighted by Gasteiger charge is 2.31. The standard InChI is InChI=1S/C12H10F3NOS/c1-2-10-5-9-6-11(17-18-12(13,14)15)4-3-8(9)7-16-10/h3-7H,2H2,1H3. The number of hydrogen-bond acceptors (Lipinski definition) is 3. The predicted molar refractivity (Wildman–Crippen MR) is 65.4 cm³/mol. The fraction of sp³-hybridized carbons (Fsp3) is 0.250. The largest absolute Gasteiger partial charge is 0.479 e. The van der Waals surface area contributed by atoms with Gasteiger partial charge in [-0.05, 0) is 36.1 Å². The molecule has 1 heterocycles. The molecule has 0 fully saturated rings. The molecule has 2 nitrogen and oxygen atoms in total. The van der Waals surface area contributed by atoms with Crippen molar-refractivity contribution in [3.05, 3.63) is 36.2 Å². The van der Waals surface area contributed by atoms with Crippen LogP contribution in [0.15, 0.2) is 30.5 Å². The van der Waals surface area contributed by atoms with Gasteiger partial charge in [0.2, 0.25) is 0 Å². The molecule has 18 heavy (non-hydrogen) atoms. The summed E-state index contributed by atoms with van der Waals surface area (Å²) >= 11 is -0.510. The molecule has 0 aliphatic carbocycles. The third kappa shape index (κ3) is 3.29. The number of benzene rings is 1. The van der Waals surface area contributed by atoms with E-state index in [1.807, 2.05) is 13.0 Å². The second-order valence-electron chi connectivity index (χ2n) is 3.65.